The molecule has 4 nitrogen and oxygen atoms in total. The summed E-state index contributed by atoms with van der Waals surface area (Å²) in [5.41, 5.74) is 1.95. The molecule has 0 saturated heterocycles. The van der Waals surface area contributed by atoms with Crippen LogP contribution in [0.5, 0.6) is 0 Å². The molecule has 100 valence electrons. The van der Waals surface area contributed by atoms with Gasteiger partial charge in [0.25, 0.3) is 0 Å². The van der Waals surface area contributed by atoms with E-state index in [0.717, 1.165) is 30.5 Å². The van der Waals surface area contributed by atoms with E-state index in [9.17, 15) is 9.59 Å². The van der Waals surface area contributed by atoms with Gasteiger partial charge in [-0.15, -0.1) is 0 Å². The van der Waals surface area contributed by atoms with Gasteiger partial charge in [0.2, 0.25) is 11.8 Å². The molecule has 1 aromatic carbocycles. The summed E-state index contributed by atoms with van der Waals surface area (Å²) >= 11 is 0. The van der Waals surface area contributed by atoms with Crippen molar-refractivity contribution < 1.29 is 9.59 Å². The summed E-state index contributed by atoms with van der Waals surface area (Å²) in [5, 5.41) is 5.82. The topological polar surface area (TPSA) is 58.2 Å². The number of amides is 2. The van der Waals surface area contributed by atoms with Gasteiger partial charge in [0, 0.05) is 18.2 Å². The number of hydrogen-bond acceptors (Lipinski definition) is 2. The van der Waals surface area contributed by atoms with E-state index < -0.39 is 0 Å². The number of nitrogens with one attached hydrogen (secondary N) is 2. The average Bonchev–Trinajstić information content (AvgIpc) is 2.64. The van der Waals surface area contributed by atoms with Crippen LogP contribution in [0.15, 0.2) is 24.3 Å². The van der Waals surface area contributed by atoms with Crippen molar-refractivity contribution in [2.24, 2.45) is 5.92 Å². The van der Waals surface area contributed by atoms with Crippen LogP contribution in [0, 0.1) is 5.92 Å². The molecule has 2 amide bonds. The van der Waals surface area contributed by atoms with E-state index in [1.54, 1.807) is 0 Å². The fourth-order valence-corrected chi connectivity index (χ4v) is 2.72. The molecule has 1 saturated carbocycles. The molecule has 2 N–H and O–H groups in total. The molecule has 19 heavy (non-hydrogen) atoms. The van der Waals surface area contributed by atoms with Gasteiger partial charge in [-0.25, -0.2) is 0 Å². The third-order valence-electron chi connectivity index (χ3n) is 4.12. The van der Waals surface area contributed by atoms with Gasteiger partial charge in [0.15, 0.2) is 0 Å². The van der Waals surface area contributed by atoms with E-state index >= 15 is 0 Å². The van der Waals surface area contributed by atoms with Crippen molar-refractivity contribution in [2.45, 2.75) is 31.6 Å². The summed E-state index contributed by atoms with van der Waals surface area (Å²) in [6.07, 6.45) is 3.86. The fourth-order valence-electron chi connectivity index (χ4n) is 2.72. The molecule has 2 aliphatic rings. The maximum absolute atomic E-state index is 11.9. The number of carbonyl (C=O) groups excluding carboxylic acids is 2. The lowest BCUT2D eigenvalue weighted by atomic mass is 9.85. The van der Waals surface area contributed by atoms with Gasteiger partial charge in [-0.3, -0.25) is 9.59 Å². The van der Waals surface area contributed by atoms with Crippen LogP contribution in [0.1, 0.15) is 37.2 Å². The van der Waals surface area contributed by atoms with E-state index in [-0.39, 0.29) is 23.7 Å². The molecule has 1 atom stereocenters. The molecule has 0 radical (unpaired) electrons. The fraction of sp³-hybridized carbons (Fsp3) is 0.467. The Morgan fingerprint density at radius 1 is 1.32 bits per heavy atom. The minimum Gasteiger partial charge on any atom is -0.356 e. The van der Waals surface area contributed by atoms with Gasteiger partial charge in [-0.05, 0) is 30.9 Å². The van der Waals surface area contributed by atoms with E-state index in [1.165, 1.54) is 0 Å². The van der Waals surface area contributed by atoms with Gasteiger partial charge in [-0.1, -0.05) is 24.6 Å². The lowest BCUT2D eigenvalue weighted by Crippen LogP contribution is -2.35. The van der Waals surface area contributed by atoms with E-state index in [2.05, 4.69) is 10.6 Å². The average molecular weight is 258 g/mol. The highest BCUT2D eigenvalue weighted by Crippen LogP contribution is 2.34. The van der Waals surface area contributed by atoms with Crippen molar-refractivity contribution in [3.63, 3.8) is 0 Å². The van der Waals surface area contributed by atoms with Crippen LogP contribution in [0.2, 0.25) is 0 Å². The van der Waals surface area contributed by atoms with Crippen LogP contribution in [0.4, 0.5) is 5.69 Å². The van der Waals surface area contributed by atoms with Crippen molar-refractivity contribution in [1.29, 1.82) is 0 Å². The molecule has 0 aromatic heterocycles. The standard InChI is InChI=1S/C15H18N2O2/c18-14(10-4-3-5-10)16-9-8-12-11-6-1-2-7-13(11)17-15(12)19/h1-2,6-7,10,12H,3-5,8-9H2,(H,16,18)(H,17,19). The molecule has 1 aliphatic heterocycles. The number of carbonyl (C=O) groups is 2. The van der Waals surface area contributed by atoms with Gasteiger partial charge in [0.05, 0.1) is 5.92 Å². The molecule has 1 aliphatic carbocycles. The number of rotatable bonds is 4. The molecule has 1 heterocycles. The van der Waals surface area contributed by atoms with Crippen LogP contribution in [0.3, 0.4) is 0 Å². The van der Waals surface area contributed by atoms with Crippen LogP contribution in [0.25, 0.3) is 0 Å². The minimum atomic E-state index is -0.127. The Labute approximate surface area is 112 Å². The third-order valence-corrected chi connectivity index (χ3v) is 4.12. The predicted octanol–water partition coefficient (Wildman–Crippen LogP) is 2.03. The Hall–Kier alpha value is -1.84. The first-order valence-electron chi connectivity index (χ1n) is 6.93. The minimum absolute atomic E-state index is 0.0408. The second-order valence-corrected chi connectivity index (χ2v) is 5.34. The maximum atomic E-state index is 11.9. The third kappa shape index (κ3) is 2.35. The zero-order valence-electron chi connectivity index (χ0n) is 10.8. The smallest absolute Gasteiger partial charge is 0.232 e. The summed E-state index contributed by atoms with van der Waals surface area (Å²) in [4.78, 5) is 23.6. The monoisotopic (exact) mass is 258 g/mol. The summed E-state index contributed by atoms with van der Waals surface area (Å²) < 4.78 is 0. The Morgan fingerprint density at radius 3 is 2.84 bits per heavy atom. The first-order valence-corrected chi connectivity index (χ1v) is 6.93. The number of anilines is 1. The largest absolute Gasteiger partial charge is 0.356 e. The molecule has 1 fully saturated rings. The second kappa shape index (κ2) is 5.03. The number of benzene rings is 1. The van der Waals surface area contributed by atoms with Crippen molar-refractivity contribution >= 4 is 17.5 Å². The molecular weight excluding hydrogens is 240 g/mol. The normalized spacial score (nSPS) is 21.5. The Morgan fingerprint density at radius 2 is 2.11 bits per heavy atom. The summed E-state index contributed by atoms with van der Waals surface area (Å²) in [7, 11) is 0. The maximum Gasteiger partial charge on any atom is 0.232 e. The van der Waals surface area contributed by atoms with Crippen molar-refractivity contribution in [1.82, 2.24) is 5.32 Å². The molecule has 1 aromatic rings. The van der Waals surface area contributed by atoms with E-state index in [4.69, 9.17) is 0 Å². The van der Waals surface area contributed by atoms with Crippen LogP contribution in [-0.2, 0) is 9.59 Å². The zero-order valence-corrected chi connectivity index (χ0v) is 10.8. The highest BCUT2D eigenvalue weighted by Gasteiger charge is 2.30. The molecule has 0 spiro atoms. The van der Waals surface area contributed by atoms with Crippen LogP contribution in [-0.4, -0.2) is 18.4 Å². The number of para-hydroxylation sites is 1. The predicted molar refractivity (Wildman–Crippen MR) is 72.8 cm³/mol. The highest BCUT2D eigenvalue weighted by molar-refractivity contribution is 6.02. The van der Waals surface area contributed by atoms with Gasteiger partial charge >= 0.3 is 0 Å². The van der Waals surface area contributed by atoms with Gasteiger partial charge < -0.3 is 10.6 Å². The van der Waals surface area contributed by atoms with E-state index in [1.807, 2.05) is 24.3 Å². The summed E-state index contributed by atoms with van der Waals surface area (Å²) in [5.74, 6) is 0.277. The number of hydrogen-bond donors (Lipinski definition) is 2. The number of fused-ring (bicyclic) bond motifs is 1. The Kier molecular flexibility index (Phi) is 3.23. The molecule has 0 bridgehead atoms. The quantitative estimate of drug-likeness (QED) is 0.868. The molecule has 1 unspecified atom stereocenters. The van der Waals surface area contributed by atoms with Gasteiger partial charge in [-0.2, -0.15) is 0 Å². The van der Waals surface area contributed by atoms with Crippen molar-refractivity contribution in [2.75, 3.05) is 11.9 Å². The molecular formula is C15H18N2O2. The SMILES string of the molecule is O=C(NCCC1C(=O)Nc2ccccc21)C1CCC1. The second-order valence-electron chi connectivity index (χ2n) is 5.34. The van der Waals surface area contributed by atoms with E-state index in [0.29, 0.717) is 13.0 Å². The lowest BCUT2D eigenvalue weighted by molar-refractivity contribution is -0.127. The lowest BCUT2D eigenvalue weighted by Gasteiger charge is -2.24. The van der Waals surface area contributed by atoms with Crippen LogP contribution >= 0.6 is 0 Å². The van der Waals surface area contributed by atoms with Crippen molar-refractivity contribution in [3.8, 4) is 0 Å². The zero-order chi connectivity index (χ0) is 13.2. The first kappa shape index (κ1) is 12.2. The summed E-state index contributed by atoms with van der Waals surface area (Å²) in [6, 6.07) is 7.75. The Bertz CT molecular complexity index is 509. The highest BCUT2D eigenvalue weighted by atomic mass is 16.2. The summed E-state index contributed by atoms with van der Waals surface area (Å²) in [6.45, 7) is 0.571. The Balaban J connectivity index is 1.55. The van der Waals surface area contributed by atoms with Gasteiger partial charge in [0.1, 0.15) is 0 Å². The molecule has 3 rings (SSSR count). The van der Waals surface area contributed by atoms with Crippen LogP contribution < -0.4 is 10.6 Å². The first-order chi connectivity index (χ1) is 9.25. The molecule has 4 heteroatoms. The van der Waals surface area contributed by atoms with Crippen molar-refractivity contribution in [3.05, 3.63) is 29.8 Å².